The number of aromatic hydroxyl groups is 1. The number of nitrogens with two attached hydrogens (primary N) is 1. The van der Waals surface area contributed by atoms with Crippen LogP contribution in [0.1, 0.15) is 5.56 Å². The summed E-state index contributed by atoms with van der Waals surface area (Å²) in [6.07, 6.45) is 0. The zero-order valence-electron chi connectivity index (χ0n) is 11.6. The van der Waals surface area contributed by atoms with Crippen LogP contribution >= 0.6 is 0 Å². The Hall–Kier alpha value is -2.56. The molecule has 4 N–H and O–H groups in total. The first-order valence-electron chi connectivity index (χ1n) is 6.44. The molecule has 0 spiro atoms. The predicted molar refractivity (Wildman–Crippen MR) is 80.4 cm³/mol. The van der Waals surface area contributed by atoms with Gasteiger partial charge < -0.3 is 5.11 Å². The van der Waals surface area contributed by atoms with Gasteiger partial charge in [0.15, 0.2) is 0 Å². The van der Waals surface area contributed by atoms with Crippen LogP contribution in [0, 0.1) is 5.82 Å². The molecule has 1 aromatic heterocycles. The van der Waals surface area contributed by atoms with Crippen molar-refractivity contribution in [2.75, 3.05) is 0 Å². The second-order valence-electron chi connectivity index (χ2n) is 4.83. The maximum atomic E-state index is 14.3. The van der Waals surface area contributed by atoms with E-state index in [2.05, 4.69) is 15.0 Å². The summed E-state index contributed by atoms with van der Waals surface area (Å²) in [4.78, 5) is 0. The minimum absolute atomic E-state index is 0.0365. The van der Waals surface area contributed by atoms with Crippen LogP contribution in [0.4, 0.5) is 4.39 Å². The van der Waals surface area contributed by atoms with Crippen LogP contribution in [0.15, 0.2) is 36.4 Å². The Balaban J connectivity index is 1.96. The van der Waals surface area contributed by atoms with E-state index in [1.807, 2.05) is 0 Å². The normalized spacial score (nSPS) is 11.9. The number of benzene rings is 2. The molecule has 0 unspecified atom stereocenters. The summed E-state index contributed by atoms with van der Waals surface area (Å²) in [6.45, 7) is -0.123. The third-order valence-electron chi connectivity index (χ3n) is 3.15. The number of rotatable bonds is 4. The van der Waals surface area contributed by atoms with Crippen LogP contribution in [-0.4, -0.2) is 28.5 Å². The monoisotopic (exact) mass is 337 g/mol. The number of fused-ring (bicyclic) bond motifs is 1. The molecule has 3 aromatic rings. The molecule has 0 saturated carbocycles. The molecule has 0 aliphatic heterocycles. The molecule has 0 aliphatic carbocycles. The smallest absolute Gasteiger partial charge is 0.274 e. The second kappa shape index (κ2) is 5.57. The summed E-state index contributed by atoms with van der Waals surface area (Å²) >= 11 is 0. The average Bonchev–Trinajstić information content (AvgIpc) is 2.87. The van der Waals surface area contributed by atoms with Gasteiger partial charge in [0.2, 0.25) is 0 Å². The third-order valence-corrected chi connectivity index (χ3v) is 3.69. The van der Waals surface area contributed by atoms with Crippen molar-refractivity contribution in [3.8, 4) is 11.4 Å². The molecule has 10 heteroatoms. The van der Waals surface area contributed by atoms with Gasteiger partial charge in [-0.3, -0.25) is 0 Å². The first-order chi connectivity index (χ1) is 10.8. The number of aromatic nitrogens is 3. The van der Waals surface area contributed by atoms with Crippen LogP contribution in [0.5, 0.6) is 5.75 Å². The lowest BCUT2D eigenvalue weighted by Gasteiger charge is -2.07. The standard InChI is InChI=1S/C13H12FN5O3S/c14-10-5-8(7-16-23(15,21)22)1-3-12(10)19-13-4-2-9(20)6-11(13)17-18-19/h1-6,16,20H,7H2,(H2,15,21,22). The Morgan fingerprint density at radius 3 is 2.74 bits per heavy atom. The van der Waals surface area contributed by atoms with E-state index in [0.29, 0.717) is 16.6 Å². The number of phenolic OH excluding ortho intramolecular Hbond substituents is 1. The highest BCUT2D eigenvalue weighted by Gasteiger charge is 2.12. The van der Waals surface area contributed by atoms with Crippen molar-refractivity contribution in [3.05, 3.63) is 47.8 Å². The molecule has 23 heavy (non-hydrogen) atoms. The summed E-state index contributed by atoms with van der Waals surface area (Å²) in [5, 5.41) is 22.0. The summed E-state index contributed by atoms with van der Waals surface area (Å²) in [5.41, 5.74) is 1.50. The van der Waals surface area contributed by atoms with E-state index in [4.69, 9.17) is 5.14 Å². The van der Waals surface area contributed by atoms with Gasteiger partial charge in [-0.05, 0) is 29.8 Å². The van der Waals surface area contributed by atoms with Crippen LogP contribution in [0.25, 0.3) is 16.7 Å². The van der Waals surface area contributed by atoms with Gasteiger partial charge in [0.25, 0.3) is 10.2 Å². The van der Waals surface area contributed by atoms with E-state index in [1.165, 1.54) is 28.9 Å². The number of phenols is 1. The molecule has 0 aliphatic rings. The maximum absolute atomic E-state index is 14.3. The van der Waals surface area contributed by atoms with Gasteiger partial charge >= 0.3 is 0 Å². The Morgan fingerprint density at radius 1 is 1.26 bits per heavy atom. The van der Waals surface area contributed by atoms with E-state index in [9.17, 15) is 17.9 Å². The molecule has 120 valence electrons. The van der Waals surface area contributed by atoms with Crippen molar-refractivity contribution in [2.24, 2.45) is 5.14 Å². The van der Waals surface area contributed by atoms with E-state index < -0.39 is 16.0 Å². The maximum Gasteiger partial charge on any atom is 0.274 e. The Kier molecular flexibility index (Phi) is 3.72. The Labute approximate surface area is 130 Å². The van der Waals surface area contributed by atoms with Crippen LogP contribution in [-0.2, 0) is 16.8 Å². The molecule has 0 bridgehead atoms. The molecule has 0 saturated heterocycles. The minimum atomic E-state index is -3.85. The van der Waals surface area contributed by atoms with E-state index in [1.54, 1.807) is 12.1 Å². The van der Waals surface area contributed by atoms with Gasteiger partial charge in [0, 0.05) is 12.6 Å². The predicted octanol–water partition coefficient (Wildman–Crippen LogP) is 0.558. The summed E-state index contributed by atoms with van der Waals surface area (Å²) < 4.78 is 39.4. The Bertz CT molecular complexity index is 986. The van der Waals surface area contributed by atoms with E-state index >= 15 is 0 Å². The third kappa shape index (κ3) is 3.28. The van der Waals surface area contributed by atoms with Gasteiger partial charge in [0.05, 0.1) is 5.52 Å². The lowest BCUT2D eigenvalue weighted by molar-refractivity contribution is 0.476. The summed E-state index contributed by atoms with van der Waals surface area (Å²) in [7, 11) is -3.85. The van der Waals surface area contributed by atoms with Gasteiger partial charge in [-0.1, -0.05) is 11.3 Å². The van der Waals surface area contributed by atoms with Gasteiger partial charge in [-0.15, -0.1) is 5.10 Å². The topological polar surface area (TPSA) is 123 Å². The van der Waals surface area contributed by atoms with Crippen molar-refractivity contribution in [1.82, 2.24) is 19.7 Å². The zero-order chi connectivity index (χ0) is 16.6. The van der Waals surface area contributed by atoms with Gasteiger partial charge in [-0.25, -0.2) is 14.2 Å². The van der Waals surface area contributed by atoms with Crippen molar-refractivity contribution < 1.29 is 17.9 Å². The highest BCUT2D eigenvalue weighted by atomic mass is 32.2. The first-order valence-corrected chi connectivity index (χ1v) is 7.99. The largest absolute Gasteiger partial charge is 0.508 e. The van der Waals surface area contributed by atoms with Crippen molar-refractivity contribution in [1.29, 1.82) is 0 Å². The molecular weight excluding hydrogens is 325 g/mol. The molecule has 2 aromatic carbocycles. The molecule has 0 amide bonds. The molecule has 0 atom stereocenters. The van der Waals surface area contributed by atoms with E-state index in [0.717, 1.165) is 0 Å². The van der Waals surface area contributed by atoms with Crippen LogP contribution in [0.3, 0.4) is 0 Å². The fraction of sp³-hybridized carbons (Fsp3) is 0.0769. The number of halogens is 1. The lowest BCUT2D eigenvalue weighted by atomic mass is 10.2. The van der Waals surface area contributed by atoms with Crippen LogP contribution < -0.4 is 9.86 Å². The number of nitrogens with zero attached hydrogens (tertiary/aromatic N) is 3. The molecular formula is C13H12FN5O3S. The fourth-order valence-electron chi connectivity index (χ4n) is 2.11. The molecule has 1 heterocycles. The first kappa shape index (κ1) is 15.3. The van der Waals surface area contributed by atoms with Crippen molar-refractivity contribution in [3.63, 3.8) is 0 Å². The van der Waals surface area contributed by atoms with E-state index in [-0.39, 0.29) is 18.0 Å². The quantitative estimate of drug-likeness (QED) is 0.642. The number of nitrogens with one attached hydrogen (secondary N) is 1. The highest BCUT2D eigenvalue weighted by molar-refractivity contribution is 7.87. The molecule has 0 radical (unpaired) electrons. The summed E-state index contributed by atoms with van der Waals surface area (Å²) in [5.74, 6) is -0.562. The number of hydrogen-bond donors (Lipinski definition) is 3. The Morgan fingerprint density at radius 2 is 2.04 bits per heavy atom. The minimum Gasteiger partial charge on any atom is -0.508 e. The van der Waals surface area contributed by atoms with Crippen molar-refractivity contribution in [2.45, 2.75) is 6.54 Å². The van der Waals surface area contributed by atoms with Crippen molar-refractivity contribution >= 4 is 21.2 Å². The zero-order valence-corrected chi connectivity index (χ0v) is 12.5. The summed E-state index contributed by atoms with van der Waals surface area (Å²) in [6, 6.07) is 8.62. The van der Waals surface area contributed by atoms with Gasteiger partial charge in [-0.2, -0.15) is 13.1 Å². The average molecular weight is 337 g/mol. The van der Waals surface area contributed by atoms with Gasteiger partial charge in [0.1, 0.15) is 22.8 Å². The molecule has 3 rings (SSSR count). The lowest BCUT2D eigenvalue weighted by Crippen LogP contribution is -2.30. The number of hydrogen-bond acceptors (Lipinski definition) is 5. The highest BCUT2D eigenvalue weighted by Crippen LogP contribution is 2.22. The fourth-order valence-corrected chi connectivity index (χ4v) is 2.47. The second-order valence-corrected chi connectivity index (χ2v) is 6.20. The molecule has 8 nitrogen and oxygen atoms in total. The molecule has 0 fully saturated rings. The SMILES string of the molecule is NS(=O)(=O)NCc1ccc(-n2nnc3cc(O)ccc32)c(F)c1. The van der Waals surface area contributed by atoms with Crippen LogP contribution in [0.2, 0.25) is 0 Å².